The number of halogens is 1. The van der Waals surface area contributed by atoms with Crippen LogP contribution in [0.2, 0.25) is 0 Å². The summed E-state index contributed by atoms with van der Waals surface area (Å²) in [6, 6.07) is 1.23. The summed E-state index contributed by atoms with van der Waals surface area (Å²) in [6.45, 7) is 2.44. The van der Waals surface area contributed by atoms with Gasteiger partial charge in [-0.1, -0.05) is 0 Å². The number of nitrogens with one attached hydrogen (secondary N) is 3. The van der Waals surface area contributed by atoms with Gasteiger partial charge in [-0.15, -0.1) is 0 Å². The van der Waals surface area contributed by atoms with Crippen LogP contribution in [0.5, 0.6) is 0 Å². The number of nitrogens with zero attached hydrogens (tertiary/aromatic N) is 1. The number of anilines is 1. The summed E-state index contributed by atoms with van der Waals surface area (Å²) in [5, 5.41) is 5.03. The molecule has 0 aliphatic heterocycles. The van der Waals surface area contributed by atoms with Gasteiger partial charge in [-0.3, -0.25) is 9.59 Å². The lowest BCUT2D eigenvalue weighted by Gasteiger charge is -2.08. The standard InChI is InChI=1S/C11H16FN5O2/c1-2-14-8(18)4-6-16-11(19)7-3-5-15-10(17-13)9(7)12/h3,5H,2,4,6,13H2,1H3,(H,14,18)(H,15,17)(H,16,19). The van der Waals surface area contributed by atoms with Gasteiger partial charge in [0.1, 0.15) is 0 Å². The Bertz CT molecular complexity index is 466. The van der Waals surface area contributed by atoms with Crippen molar-refractivity contribution in [3.8, 4) is 0 Å². The van der Waals surface area contributed by atoms with Crippen molar-refractivity contribution in [2.24, 2.45) is 5.84 Å². The number of carbonyl (C=O) groups excluding carboxylic acids is 2. The van der Waals surface area contributed by atoms with E-state index in [2.05, 4.69) is 21.0 Å². The van der Waals surface area contributed by atoms with E-state index < -0.39 is 11.7 Å². The van der Waals surface area contributed by atoms with Gasteiger partial charge in [-0.05, 0) is 13.0 Å². The lowest BCUT2D eigenvalue weighted by molar-refractivity contribution is -0.120. The summed E-state index contributed by atoms with van der Waals surface area (Å²) in [5.74, 6) is 3.21. The third kappa shape index (κ3) is 4.18. The second-order valence-electron chi connectivity index (χ2n) is 3.62. The van der Waals surface area contributed by atoms with Gasteiger partial charge in [0.05, 0.1) is 5.56 Å². The zero-order valence-electron chi connectivity index (χ0n) is 10.5. The highest BCUT2D eigenvalue weighted by atomic mass is 19.1. The van der Waals surface area contributed by atoms with E-state index >= 15 is 0 Å². The van der Waals surface area contributed by atoms with Crippen molar-refractivity contribution in [2.75, 3.05) is 18.5 Å². The number of hydrogen-bond donors (Lipinski definition) is 4. The molecule has 0 fully saturated rings. The van der Waals surface area contributed by atoms with Crippen LogP contribution in [0.3, 0.4) is 0 Å². The molecule has 1 rings (SSSR count). The number of rotatable bonds is 6. The molecule has 1 heterocycles. The highest BCUT2D eigenvalue weighted by molar-refractivity contribution is 5.95. The van der Waals surface area contributed by atoms with Gasteiger partial charge in [-0.2, -0.15) is 0 Å². The first-order valence-electron chi connectivity index (χ1n) is 5.76. The fourth-order valence-corrected chi connectivity index (χ4v) is 1.39. The number of hydrazine groups is 1. The van der Waals surface area contributed by atoms with E-state index in [4.69, 9.17) is 5.84 Å². The average molecular weight is 269 g/mol. The number of pyridine rings is 1. The van der Waals surface area contributed by atoms with Crippen LogP contribution in [0.25, 0.3) is 0 Å². The van der Waals surface area contributed by atoms with Crippen molar-refractivity contribution >= 4 is 17.6 Å². The summed E-state index contributed by atoms with van der Waals surface area (Å²) in [6.07, 6.45) is 1.39. The lowest BCUT2D eigenvalue weighted by atomic mass is 10.2. The molecule has 7 nitrogen and oxygen atoms in total. The fraction of sp³-hybridized carbons (Fsp3) is 0.364. The molecule has 0 spiro atoms. The lowest BCUT2D eigenvalue weighted by Crippen LogP contribution is -2.31. The van der Waals surface area contributed by atoms with E-state index in [1.54, 1.807) is 6.92 Å². The van der Waals surface area contributed by atoms with Crippen LogP contribution >= 0.6 is 0 Å². The summed E-state index contributed by atoms with van der Waals surface area (Å²) in [4.78, 5) is 26.5. The van der Waals surface area contributed by atoms with Crippen LogP contribution in [0.4, 0.5) is 10.2 Å². The minimum atomic E-state index is -0.833. The molecular weight excluding hydrogens is 253 g/mol. The van der Waals surface area contributed by atoms with E-state index in [1.807, 2.05) is 0 Å². The van der Waals surface area contributed by atoms with E-state index in [0.29, 0.717) is 6.54 Å². The average Bonchev–Trinajstić information content (AvgIpc) is 2.39. The van der Waals surface area contributed by atoms with E-state index in [1.165, 1.54) is 12.3 Å². The maximum Gasteiger partial charge on any atom is 0.254 e. The number of amides is 2. The second kappa shape index (κ2) is 7.27. The largest absolute Gasteiger partial charge is 0.356 e. The molecule has 0 saturated heterocycles. The van der Waals surface area contributed by atoms with Crippen molar-refractivity contribution in [2.45, 2.75) is 13.3 Å². The van der Waals surface area contributed by atoms with Crippen LogP contribution < -0.4 is 21.9 Å². The molecule has 0 aliphatic carbocycles. The van der Waals surface area contributed by atoms with Gasteiger partial charge < -0.3 is 16.1 Å². The molecule has 0 unspecified atom stereocenters. The Morgan fingerprint density at radius 1 is 1.42 bits per heavy atom. The molecule has 19 heavy (non-hydrogen) atoms. The van der Waals surface area contributed by atoms with Crippen LogP contribution in [0.1, 0.15) is 23.7 Å². The molecule has 1 aromatic rings. The van der Waals surface area contributed by atoms with Gasteiger partial charge in [0.15, 0.2) is 11.6 Å². The van der Waals surface area contributed by atoms with Gasteiger partial charge in [0.25, 0.3) is 5.91 Å². The molecule has 0 bridgehead atoms. The topological polar surface area (TPSA) is 109 Å². The quantitative estimate of drug-likeness (QED) is 0.421. The van der Waals surface area contributed by atoms with Gasteiger partial charge >= 0.3 is 0 Å². The zero-order chi connectivity index (χ0) is 14.3. The Hall–Kier alpha value is -2.22. The molecule has 0 aliphatic rings. The highest BCUT2D eigenvalue weighted by Gasteiger charge is 2.15. The first-order chi connectivity index (χ1) is 9.10. The minimum absolute atomic E-state index is 0.123. The smallest absolute Gasteiger partial charge is 0.254 e. The first kappa shape index (κ1) is 14.8. The van der Waals surface area contributed by atoms with E-state index in [0.717, 1.165) is 0 Å². The minimum Gasteiger partial charge on any atom is -0.356 e. The maximum absolute atomic E-state index is 13.7. The Balaban J connectivity index is 2.57. The van der Waals surface area contributed by atoms with Crippen LogP contribution in [0.15, 0.2) is 12.3 Å². The molecule has 0 aromatic carbocycles. The molecule has 0 atom stereocenters. The van der Waals surface area contributed by atoms with E-state index in [9.17, 15) is 14.0 Å². The van der Waals surface area contributed by atoms with Crippen molar-refractivity contribution in [3.63, 3.8) is 0 Å². The highest BCUT2D eigenvalue weighted by Crippen LogP contribution is 2.13. The number of nitrogen functional groups attached to an aromatic ring is 1. The molecule has 104 valence electrons. The summed E-state index contributed by atoms with van der Waals surface area (Å²) in [7, 11) is 0. The Morgan fingerprint density at radius 2 is 2.16 bits per heavy atom. The number of carbonyl (C=O) groups is 2. The van der Waals surface area contributed by atoms with Gasteiger partial charge in [-0.25, -0.2) is 15.2 Å². The van der Waals surface area contributed by atoms with Crippen LogP contribution in [-0.2, 0) is 4.79 Å². The van der Waals surface area contributed by atoms with Crippen LogP contribution in [-0.4, -0.2) is 29.9 Å². The van der Waals surface area contributed by atoms with Crippen molar-refractivity contribution in [3.05, 3.63) is 23.6 Å². The fourth-order valence-electron chi connectivity index (χ4n) is 1.39. The van der Waals surface area contributed by atoms with Crippen molar-refractivity contribution in [1.82, 2.24) is 15.6 Å². The monoisotopic (exact) mass is 269 g/mol. The normalized spacial score (nSPS) is 9.84. The van der Waals surface area contributed by atoms with Crippen molar-refractivity contribution in [1.29, 1.82) is 0 Å². The molecular formula is C11H16FN5O2. The summed E-state index contributed by atoms with van der Waals surface area (Å²) >= 11 is 0. The first-order valence-corrected chi connectivity index (χ1v) is 5.76. The molecule has 0 radical (unpaired) electrons. The Kier molecular flexibility index (Phi) is 5.68. The zero-order valence-corrected chi connectivity index (χ0v) is 10.5. The predicted octanol–water partition coefficient (Wildman–Crippen LogP) is -0.238. The number of aromatic nitrogens is 1. The van der Waals surface area contributed by atoms with Crippen LogP contribution in [0, 0.1) is 5.82 Å². The SMILES string of the molecule is CCNC(=O)CCNC(=O)c1ccnc(NN)c1F. The molecule has 2 amide bonds. The van der Waals surface area contributed by atoms with Gasteiger partial charge in [0.2, 0.25) is 5.91 Å². The number of hydrogen-bond acceptors (Lipinski definition) is 5. The second-order valence-corrected chi connectivity index (χ2v) is 3.62. The van der Waals surface area contributed by atoms with E-state index in [-0.39, 0.29) is 30.3 Å². The molecule has 0 saturated carbocycles. The third-order valence-corrected chi connectivity index (χ3v) is 2.28. The predicted molar refractivity (Wildman–Crippen MR) is 67.6 cm³/mol. The van der Waals surface area contributed by atoms with Crippen molar-refractivity contribution < 1.29 is 14.0 Å². The Morgan fingerprint density at radius 3 is 2.79 bits per heavy atom. The summed E-state index contributed by atoms with van der Waals surface area (Å²) < 4.78 is 13.7. The van der Waals surface area contributed by atoms with Gasteiger partial charge in [0, 0.05) is 25.7 Å². The Labute approximate surface area is 109 Å². The summed E-state index contributed by atoms with van der Waals surface area (Å²) in [5.41, 5.74) is 1.87. The third-order valence-electron chi connectivity index (χ3n) is 2.28. The molecule has 8 heteroatoms. The molecule has 1 aromatic heterocycles. The number of nitrogens with two attached hydrogens (primary N) is 1. The maximum atomic E-state index is 13.7. The molecule has 5 N–H and O–H groups in total.